The van der Waals surface area contributed by atoms with E-state index in [0.717, 1.165) is 5.69 Å². The summed E-state index contributed by atoms with van der Waals surface area (Å²) in [6, 6.07) is 9.14. The molecule has 0 saturated carbocycles. The first-order chi connectivity index (χ1) is 11.4. The number of carbonyl (C=O) groups is 1. The average Bonchev–Trinajstić information content (AvgIpc) is 2.54. The molecule has 126 valence electrons. The summed E-state index contributed by atoms with van der Waals surface area (Å²) < 4.78 is 27.1. The fourth-order valence-electron chi connectivity index (χ4n) is 1.87. The summed E-state index contributed by atoms with van der Waals surface area (Å²) in [6.07, 6.45) is 3.24. The molecule has 0 spiro atoms. The van der Waals surface area contributed by atoms with Gasteiger partial charge in [-0.25, -0.2) is 13.4 Å². The highest BCUT2D eigenvalue weighted by Gasteiger charge is 2.14. The summed E-state index contributed by atoms with van der Waals surface area (Å²) >= 11 is 0. The van der Waals surface area contributed by atoms with Gasteiger partial charge in [-0.2, -0.15) is 0 Å². The number of hydrogen-bond acceptors (Lipinski definition) is 5. The lowest BCUT2D eigenvalue weighted by Crippen LogP contribution is -2.14. The monoisotopic (exact) mass is 346 g/mol. The minimum Gasteiger partial charge on any atom is -0.380 e. The molecule has 1 amide bonds. The van der Waals surface area contributed by atoms with Gasteiger partial charge in [-0.1, -0.05) is 6.08 Å². The lowest BCUT2D eigenvalue weighted by molar-refractivity contribution is -0.114. The minimum absolute atomic E-state index is 0.0762. The van der Waals surface area contributed by atoms with Gasteiger partial charge in [0.1, 0.15) is 5.82 Å². The number of pyridine rings is 1. The highest BCUT2D eigenvalue weighted by atomic mass is 32.2. The molecule has 1 aromatic carbocycles. The largest absolute Gasteiger partial charge is 0.380 e. The second-order valence-electron chi connectivity index (χ2n) is 4.91. The van der Waals surface area contributed by atoms with E-state index in [9.17, 15) is 13.2 Å². The zero-order valence-corrected chi connectivity index (χ0v) is 13.9. The van der Waals surface area contributed by atoms with Gasteiger partial charge < -0.3 is 10.6 Å². The Kier molecular flexibility index (Phi) is 5.54. The van der Waals surface area contributed by atoms with Crippen LogP contribution in [0, 0.1) is 0 Å². The van der Waals surface area contributed by atoms with Crippen LogP contribution >= 0.6 is 0 Å². The summed E-state index contributed by atoms with van der Waals surface area (Å²) in [7, 11) is -3.75. The number of amides is 1. The molecule has 0 radical (unpaired) electrons. The van der Waals surface area contributed by atoms with Crippen LogP contribution in [0.5, 0.6) is 0 Å². The molecule has 0 saturated heterocycles. The smallest absolute Gasteiger partial charge is 0.263 e. The molecular formula is C16H18N4O3S. The number of nitrogens with zero attached hydrogens (tertiary/aromatic N) is 1. The fourth-order valence-corrected chi connectivity index (χ4v) is 2.87. The standard InChI is InChI=1S/C16H18N4O3S/c1-3-10-17-14-6-9-16(18-11-14)20-24(22,23)15-7-4-13(5-8-15)19-12(2)21/h3-9,11,17H,1,10H2,2H3,(H,18,20)(H,19,21). The van der Waals surface area contributed by atoms with E-state index < -0.39 is 10.0 Å². The molecule has 0 aliphatic rings. The van der Waals surface area contributed by atoms with E-state index >= 15 is 0 Å². The zero-order valence-electron chi connectivity index (χ0n) is 13.1. The van der Waals surface area contributed by atoms with Crippen molar-refractivity contribution in [2.24, 2.45) is 0 Å². The van der Waals surface area contributed by atoms with Crippen molar-refractivity contribution in [1.82, 2.24) is 4.98 Å². The quantitative estimate of drug-likeness (QED) is 0.669. The summed E-state index contributed by atoms with van der Waals surface area (Å²) in [6.45, 7) is 5.57. The molecule has 1 heterocycles. The second kappa shape index (κ2) is 7.60. The highest BCUT2D eigenvalue weighted by Crippen LogP contribution is 2.18. The third-order valence-corrected chi connectivity index (χ3v) is 4.31. The Balaban J connectivity index is 2.10. The molecule has 7 nitrogen and oxygen atoms in total. The molecule has 1 aromatic heterocycles. The van der Waals surface area contributed by atoms with Gasteiger partial charge in [0, 0.05) is 19.2 Å². The Morgan fingerprint density at radius 2 is 1.83 bits per heavy atom. The van der Waals surface area contributed by atoms with Crippen molar-refractivity contribution in [2.45, 2.75) is 11.8 Å². The first-order valence-electron chi connectivity index (χ1n) is 7.12. The molecule has 8 heteroatoms. The van der Waals surface area contributed by atoms with Gasteiger partial charge in [0.15, 0.2) is 0 Å². The van der Waals surface area contributed by atoms with E-state index in [4.69, 9.17) is 0 Å². The van der Waals surface area contributed by atoms with E-state index in [1.165, 1.54) is 37.4 Å². The van der Waals surface area contributed by atoms with E-state index in [1.807, 2.05) is 0 Å². The Labute approximate surface area is 140 Å². The Hall–Kier alpha value is -2.87. The molecule has 0 bridgehead atoms. The number of carbonyl (C=O) groups excluding carboxylic acids is 1. The molecular weight excluding hydrogens is 328 g/mol. The number of aromatic nitrogens is 1. The fraction of sp³-hybridized carbons (Fsp3) is 0.125. The number of anilines is 3. The van der Waals surface area contributed by atoms with Gasteiger partial charge in [0.2, 0.25) is 5.91 Å². The van der Waals surface area contributed by atoms with E-state index in [0.29, 0.717) is 12.2 Å². The predicted octanol–water partition coefficient (Wildman–Crippen LogP) is 2.44. The second-order valence-corrected chi connectivity index (χ2v) is 6.60. The van der Waals surface area contributed by atoms with Crippen molar-refractivity contribution in [3.63, 3.8) is 0 Å². The topological polar surface area (TPSA) is 100 Å². The van der Waals surface area contributed by atoms with Crippen molar-refractivity contribution in [2.75, 3.05) is 21.9 Å². The highest BCUT2D eigenvalue weighted by molar-refractivity contribution is 7.92. The van der Waals surface area contributed by atoms with Crippen LogP contribution in [0.1, 0.15) is 6.92 Å². The van der Waals surface area contributed by atoms with Crippen LogP contribution in [-0.4, -0.2) is 25.9 Å². The van der Waals surface area contributed by atoms with Crippen LogP contribution in [0.3, 0.4) is 0 Å². The SMILES string of the molecule is C=CCNc1ccc(NS(=O)(=O)c2ccc(NC(C)=O)cc2)nc1. The van der Waals surface area contributed by atoms with Gasteiger partial charge in [-0.15, -0.1) is 6.58 Å². The van der Waals surface area contributed by atoms with Gasteiger partial charge in [0.25, 0.3) is 10.0 Å². The molecule has 0 fully saturated rings. The van der Waals surface area contributed by atoms with Crippen molar-refractivity contribution < 1.29 is 13.2 Å². The Morgan fingerprint density at radius 1 is 1.17 bits per heavy atom. The zero-order chi connectivity index (χ0) is 17.6. The Bertz CT molecular complexity index is 815. The van der Waals surface area contributed by atoms with Crippen LogP contribution in [0.2, 0.25) is 0 Å². The molecule has 2 rings (SSSR count). The minimum atomic E-state index is -3.75. The molecule has 0 unspecified atom stereocenters. The van der Waals surface area contributed by atoms with E-state index in [2.05, 4.69) is 26.9 Å². The maximum absolute atomic E-state index is 12.3. The van der Waals surface area contributed by atoms with Gasteiger partial charge in [-0.3, -0.25) is 9.52 Å². The van der Waals surface area contributed by atoms with E-state index in [-0.39, 0.29) is 16.6 Å². The van der Waals surface area contributed by atoms with Gasteiger partial charge in [-0.05, 0) is 36.4 Å². The number of rotatable bonds is 7. The van der Waals surface area contributed by atoms with Gasteiger partial charge in [0.05, 0.1) is 16.8 Å². The van der Waals surface area contributed by atoms with Crippen molar-refractivity contribution in [1.29, 1.82) is 0 Å². The normalized spacial score (nSPS) is 10.7. The summed E-state index contributed by atoms with van der Waals surface area (Å²) in [4.78, 5) is 15.1. The number of sulfonamides is 1. The molecule has 0 aliphatic carbocycles. The van der Waals surface area contributed by atoms with Crippen LogP contribution in [-0.2, 0) is 14.8 Å². The van der Waals surface area contributed by atoms with Crippen molar-refractivity contribution in [3.8, 4) is 0 Å². The van der Waals surface area contributed by atoms with Gasteiger partial charge >= 0.3 is 0 Å². The summed E-state index contributed by atoms with van der Waals surface area (Å²) in [5.74, 6) is -0.0109. The molecule has 0 aliphatic heterocycles. The lowest BCUT2D eigenvalue weighted by Gasteiger charge is -2.09. The maximum Gasteiger partial charge on any atom is 0.263 e. The summed E-state index contributed by atoms with van der Waals surface area (Å²) in [5, 5.41) is 5.62. The molecule has 2 aromatic rings. The first kappa shape index (κ1) is 17.5. The molecule has 3 N–H and O–H groups in total. The van der Waals surface area contributed by atoms with Crippen LogP contribution < -0.4 is 15.4 Å². The van der Waals surface area contributed by atoms with Crippen molar-refractivity contribution >= 4 is 33.1 Å². The van der Waals surface area contributed by atoms with Crippen LogP contribution in [0.4, 0.5) is 17.2 Å². The maximum atomic E-state index is 12.3. The third-order valence-electron chi connectivity index (χ3n) is 2.94. The third kappa shape index (κ3) is 4.82. The van der Waals surface area contributed by atoms with Crippen LogP contribution in [0.15, 0.2) is 60.1 Å². The predicted molar refractivity (Wildman–Crippen MR) is 94.5 cm³/mol. The molecule has 24 heavy (non-hydrogen) atoms. The van der Waals surface area contributed by atoms with Crippen molar-refractivity contribution in [3.05, 3.63) is 55.3 Å². The number of benzene rings is 1. The lowest BCUT2D eigenvalue weighted by atomic mass is 10.3. The molecule has 0 atom stereocenters. The number of hydrogen-bond donors (Lipinski definition) is 3. The summed E-state index contributed by atoms with van der Waals surface area (Å²) in [5.41, 5.74) is 1.29. The van der Waals surface area contributed by atoms with Crippen LogP contribution in [0.25, 0.3) is 0 Å². The Morgan fingerprint density at radius 3 is 2.38 bits per heavy atom. The first-order valence-corrected chi connectivity index (χ1v) is 8.60. The van der Waals surface area contributed by atoms with E-state index in [1.54, 1.807) is 18.2 Å². The number of nitrogens with one attached hydrogen (secondary N) is 3. The average molecular weight is 346 g/mol.